The monoisotopic (exact) mass is 491 g/mol. The predicted molar refractivity (Wildman–Crippen MR) is 116 cm³/mol. The minimum atomic E-state index is 0. The zero-order valence-electron chi connectivity index (χ0n) is 16.3. The number of piperazine rings is 1. The first-order valence-electron chi connectivity index (χ1n) is 9.15. The highest BCUT2D eigenvalue weighted by Gasteiger charge is 2.28. The molecule has 2 aliphatic heterocycles. The molecule has 1 aromatic rings. The number of aliphatic imine (C=N–C) groups is 1. The van der Waals surface area contributed by atoms with Gasteiger partial charge in [0.15, 0.2) is 5.96 Å². The number of nitrogens with zero attached hydrogens (tertiary/aromatic N) is 6. The third-order valence-corrected chi connectivity index (χ3v) is 4.96. The van der Waals surface area contributed by atoms with Gasteiger partial charge < -0.3 is 19.9 Å². The molecule has 1 N–H and O–H groups in total. The van der Waals surface area contributed by atoms with Crippen LogP contribution >= 0.6 is 24.0 Å². The van der Waals surface area contributed by atoms with Gasteiger partial charge in [0.1, 0.15) is 6.54 Å². The van der Waals surface area contributed by atoms with E-state index in [0.717, 1.165) is 51.0 Å². The molecule has 2 fully saturated rings. The molecule has 0 aliphatic carbocycles. The van der Waals surface area contributed by atoms with Gasteiger partial charge in [0.25, 0.3) is 0 Å². The molecular weight excluding hydrogens is 461 g/mol. The first kappa shape index (κ1) is 21.9. The minimum Gasteiger partial charge on any atom is -0.379 e. The molecule has 2 aliphatic rings. The standard InChI is InChI=1S/C17H29N7O2.HI/c1-14(22-6-8-26-9-7-22)10-19-17(18-2)23-4-5-24(16(25)13-23)15-11-20-21(3)12-15;/h11-12,14H,4-10,13H2,1-3H3,(H,18,19);1H. The molecule has 0 aromatic carbocycles. The summed E-state index contributed by atoms with van der Waals surface area (Å²) < 4.78 is 7.12. The summed E-state index contributed by atoms with van der Waals surface area (Å²) in [6, 6.07) is 0.392. The summed E-state index contributed by atoms with van der Waals surface area (Å²) in [4.78, 5) is 23.1. The summed E-state index contributed by atoms with van der Waals surface area (Å²) in [5.74, 6) is 0.845. The van der Waals surface area contributed by atoms with Gasteiger partial charge in [-0.3, -0.25) is 19.4 Å². The highest BCUT2D eigenvalue weighted by molar-refractivity contribution is 14.0. The topological polar surface area (TPSA) is 78.2 Å². The van der Waals surface area contributed by atoms with Crippen molar-refractivity contribution < 1.29 is 9.53 Å². The number of carbonyl (C=O) groups excluding carboxylic acids is 1. The smallest absolute Gasteiger partial charge is 0.246 e. The summed E-state index contributed by atoms with van der Waals surface area (Å²) in [7, 11) is 3.62. The number of hydrogen-bond acceptors (Lipinski definition) is 5. The average Bonchev–Trinajstić information content (AvgIpc) is 3.09. The van der Waals surface area contributed by atoms with E-state index in [1.165, 1.54) is 0 Å². The Morgan fingerprint density at radius 3 is 2.67 bits per heavy atom. The fourth-order valence-corrected chi connectivity index (χ4v) is 3.39. The van der Waals surface area contributed by atoms with E-state index in [1.54, 1.807) is 22.8 Å². The highest BCUT2D eigenvalue weighted by atomic mass is 127. The zero-order valence-corrected chi connectivity index (χ0v) is 18.6. The number of nitrogens with one attached hydrogen (secondary N) is 1. The van der Waals surface area contributed by atoms with E-state index in [1.807, 2.05) is 18.1 Å². The van der Waals surface area contributed by atoms with E-state index >= 15 is 0 Å². The van der Waals surface area contributed by atoms with Gasteiger partial charge in [-0.1, -0.05) is 0 Å². The first-order valence-corrected chi connectivity index (χ1v) is 9.15. The van der Waals surface area contributed by atoms with Gasteiger partial charge in [-0.05, 0) is 6.92 Å². The molecule has 0 saturated carbocycles. The molecule has 10 heteroatoms. The summed E-state index contributed by atoms with van der Waals surface area (Å²) in [5.41, 5.74) is 0.848. The molecule has 3 heterocycles. The van der Waals surface area contributed by atoms with Crippen molar-refractivity contribution in [3.8, 4) is 0 Å². The molecule has 9 nitrogen and oxygen atoms in total. The number of aryl methyl sites for hydroxylation is 1. The van der Waals surface area contributed by atoms with Gasteiger partial charge in [0, 0.05) is 59.1 Å². The van der Waals surface area contributed by atoms with Crippen LogP contribution in [-0.2, 0) is 16.6 Å². The number of morpholine rings is 1. The Hall–Kier alpha value is -1.40. The maximum atomic E-state index is 12.6. The van der Waals surface area contributed by atoms with E-state index in [9.17, 15) is 4.79 Å². The van der Waals surface area contributed by atoms with Crippen LogP contribution in [0.2, 0.25) is 0 Å². The van der Waals surface area contributed by atoms with Crippen LogP contribution < -0.4 is 10.2 Å². The fourth-order valence-electron chi connectivity index (χ4n) is 3.39. The van der Waals surface area contributed by atoms with E-state index in [-0.39, 0.29) is 29.9 Å². The normalized spacial score (nSPS) is 20.4. The van der Waals surface area contributed by atoms with Crippen LogP contribution in [0.1, 0.15) is 6.92 Å². The van der Waals surface area contributed by atoms with Crippen LogP contribution in [0, 0.1) is 0 Å². The highest BCUT2D eigenvalue weighted by Crippen LogP contribution is 2.16. The van der Waals surface area contributed by atoms with Gasteiger partial charge in [-0.2, -0.15) is 5.10 Å². The van der Waals surface area contributed by atoms with Crippen molar-refractivity contribution in [1.29, 1.82) is 0 Å². The number of amides is 1. The molecule has 27 heavy (non-hydrogen) atoms. The van der Waals surface area contributed by atoms with Crippen LogP contribution in [0.5, 0.6) is 0 Å². The van der Waals surface area contributed by atoms with Crippen LogP contribution in [0.25, 0.3) is 0 Å². The van der Waals surface area contributed by atoms with E-state index in [4.69, 9.17) is 4.74 Å². The maximum absolute atomic E-state index is 12.6. The van der Waals surface area contributed by atoms with Gasteiger partial charge >= 0.3 is 0 Å². The number of rotatable bonds is 4. The molecule has 1 aromatic heterocycles. The number of ether oxygens (including phenoxy) is 1. The van der Waals surface area contributed by atoms with Crippen LogP contribution in [0.3, 0.4) is 0 Å². The number of aromatic nitrogens is 2. The van der Waals surface area contributed by atoms with Gasteiger partial charge in [0.2, 0.25) is 5.91 Å². The van der Waals surface area contributed by atoms with Crippen molar-refractivity contribution >= 4 is 41.5 Å². The Morgan fingerprint density at radius 1 is 1.33 bits per heavy atom. The molecule has 0 bridgehead atoms. The molecular formula is C17H30IN7O2. The maximum Gasteiger partial charge on any atom is 0.246 e. The van der Waals surface area contributed by atoms with Crippen molar-refractivity contribution in [1.82, 2.24) is 24.9 Å². The summed E-state index contributed by atoms with van der Waals surface area (Å²) in [6.07, 6.45) is 3.59. The Bertz CT molecular complexity index is 645. The van der Waals surface area contributed by atoms with Gasteiger partial charge in [-0.25, -0.2) is 0 Å². The summed E-state index contributed by atoms with van der Waals surface area (Å²) in [6.45, 7) is 8.21. The van der Waals surface area contributed by atoms with Gasteiger partial charge in [-0.15, -0.1) is 24.0 Å². The zero-order chi connectivity index (χ0) is 18.5. The van der Waals surface area contributed by atoms with Crippen molar-refractivity contribution in [3.05, 3.63) is 12.4 Å². The number of anilines is 1. The Balaban J connectivity index is 0.00000261. The van der Waals surface area contributed by atoms with Crippen molar-refractivity contribution in [2.75, 3.05) is 64.4 Å². The second kappa shape index (κ2) is 10.2. The number of halogens is 1. The lowest BCUT2D eigenvalue weighted by Gasteiger charge is -2.37. The second-order valence-electron chi connectivity index (χ2n) is 6.76. The third kappa shape index (κ3) is 5.55. The lowest BCUT2D eigenvalue weighted by atomic mass is 10.2. The van der Waals surface area contributed by atoms with Crippen LogP contribution in [-0.4, -0.2) is 97.0 Å². The lowest BCUT2D eigenvalue weighted by Crippen LogP contribution is -2.56. The molecule has 0 radical (unpaired) electrons. The first-order chi connectivity index (χ1) is 12.6. The number of hydrogen-bond donors (Lipinski definition) is 1. The largest absolute Gasteiger partial charge is 0.379 e. The Morgan fingerprint density at radius 2 is 2.07 bits per heavy atom. The third-order valence-electron chi connectivity index (χ3n) is 4.96. The number of carbonyl (C=O) groups is 1. The average molecular weight is 491 g/mol. The Kier molecular flexibility index (Phi) is 8.29. The molecule has 1 unspecified atom stereocenters. The quantitative estimate of drug-likeness (QED) is 0.363. The van der Waals surface area contributed by atoms with Gasteiger partial charge in [0.05, 0.1) is 25.1 Å². The van der Waals surface area contributed by atoms with Crippen molar-refractivity contribution in [2.45, 2.75) is 13.0 Å². The molecule has 1 amide bonds. The molecule has 1 atom stereocenters. The number of guanidine groups is 1. The van der Waals surface area contributed by atoms with E-state index < -0.39 is 0 Å². The molecule has 3 rings (SSSR count). The van der Waals surface area contributed by atoms with Crippen LogP contribution in [0.4, 0.5) is 5.69 Å². The van der Waals surface area contributed by atoms with E-state index in [0.29, 0.717) is 19.1 Å². The van der Waals surface area contributed by atoms with Crippen molar-refractivity contribution in [3.63, 3.8) is 0 Å². The second-order valence-corrected chi connectivity index (χ2v) is 6.76. The van der Waals surface area contributed by atoms with E-state index in [2.05, 4.69) is 27.2 Å². The Labute approximate surface area is 177 Å². The molecule has 152 valence electrons. The van der Waals surface area contributed by atoms with Crippen LogP contribution in [0.15, 0.2) is 17.4 Å². The summed E-state index contributed by atoms with van der Waals surface area (Å²) in [5, 5.41) is 7.57. The predicted octanol–water partition coefficient (Wildman–Crippen LogP) is -0.0172. The van der Waals surface area contributed by atoms with Crippen molar-refractivity contribution in [2.24, 2.45) is 12.0 Å². The SMILES string of the molecule is CN=C(NCC(C)N1CCOCC1)N1CCN(c2cnn(C)c2)C(=O)C1.I. The minimum absolute atomic E-state index is 0. The summed E-state index contributed by atoms with van der Waals surface area (Å²) >= 11 is 0. The fraction of sp³-hybridized carbons (Fsp3) is 0.706. The lowest BCUT2D eigenvalue weighted by molar-refractivity contribution is -0.120. The molecule has 0 spiro atoms. The molecule has 2 saturated heterocycles.